The van der Waals surface area contributed by atoms with Crippen molar-refractivity contribution in [1.29, 1.82) is 0 Å². The third-order valence-electron chi connectivity index (χ3n) is 1.17. The highest BCUT2D eigenvalue weighted by Gasteiger charge is 2.28. The standard InChI is InChI=1S/C4H7O3P/c5-8(6,7)4-2-1-3-4/h1-2,4H,3H2,(H2,5,6,7). The van der Waals surface area contributed by atoms with Crippen molar-refractivity contribution in [2.24, 2.45) is 0 Å². The van der Waals surface area contributed by atoms with Gasteiger partial charge in [-0.2, -0.15) is 0 Å². The van der Waals surface area contributed by atoms with E-state index in [0.717, 1.165) is 0 Å². The topological polar surface area (TPSA) is 57.5 Å². The van der Waals surface area contributed by atoms with Crippen LogP contribution >= 0.6 is 7.60 Å². The quantitative estimate of drug-likeness (QED) is 0.405. The first-order chi connectivity index (χ1) is 3.61. The second-order valence-electron chi connectivity index (χ2n) is 1.82. The summed E-state index contributed by atoms with van der Waals surface area (Å²) in [6.07, 6.45) is 3.83. The second kappa shape index (κ2) is 1.69. The predicted molar refractivity (Wildman–Crippen MR) is 29.6 cm³/mol. The lowest BCUT2D eigenvalue weighted by Gasteiger charge is -2.17. The zero-order chi connectivity index (χ0) is 6.20. The number of hydrogen-bond donors (Lipinski definition) is 2. The summed E-state index contributed by atoms with van der Waals surface area (Å²) in [7, 11) is -3.76. The summed E-state index contributed by atoms with van der Waals surface area (Å²) >= 11 is 0. The van der Waals surface area contributed by atoms with Gasteiger partial charge in [0.05, 0.1) is 5.66 Å². The van der Waals surface area contributed by atoms with Crippen LogP contribution in [0.1, 0.15) is 6.42 Å². The average Bonchev–Trinajstić information content (AvgIpc) is 1.16. The Morgan fingerprint density at radius 2 is 2.12 bits per heavy atom. The lowest BCUT2D eigenvalue weighted by Crippen LogP contribution is -2.09. The molecule has 0 saturated heterocycles. The highest BCUT2D eigenvalue weighted by atomic mass is 31.2. The molecule has 0 fully saturated rings. The van der Waals surface area contributed by atoms with Gasteiger partial charge < -0.3 is 9.79 Å². The van der Waals surface area contributed by atoms with Crippen LogP contribution in [0.3, 0.4) is 0 Å². The van der Waals surface area contributed by atoms with Gasteiger partial charge in [-0.05, 0) is 6.42 Å². The van der Waals surface area contributed by atoms with Crippen molar-refractivity contribution in [3.8, 4) is 0 Å². The first kappa shape index (κ1) is 6.02. The van der Waals surface area contributed by atoms with Crippen molar-refractivity contribution in [2.45, 2.75) is 12.1 Å². The van der Waals surface area contributed by atoms with E-state index in [4.69, 9.17) is 9.79 Å². The lowest BCUT2D eigenvalue weighted by molar-refractivity contribution is 0.362. The Kier molecular flexibility index (Phi) is 1.27. The van der Waals surface area contributed by atoms with E-state index in [0.29, 0.717) is 6.42 Å². The molecule has 0 spiro atoms. The van der Waals surface area contributed by atoms with Gasteiger partial charge in [-0.3, -0.25) is 4.57 Å². The molecule has 0 saturated carbocycles. The van der Waals surface area contributed by atoms with Crippen molar-refractivity contribution in [2.75, 3.05) is 0 Å². The fraction of sp³-hybridized carbons (Fsp3) is 0.500. The van der Waals surface area contributed by atoms with Crippen LogP contribution in [0.15, 0.2) is 12.2 Å². The molecule has 1 unspecified atom stereocenters. The zero-order valence-electron chi connectivity index (χ0n) is 4.19. The predicted octanol–water partition coefficient (Wildman–Crippen LogP) is 0.493. The van der Waals surface area contributed by atoms with E-state index in [1.165, 1.54) is 0 Å². The molecule has 0 heterocycles. The summed E-state index contributed by atoms with van der Waals surface area (Å²) in [5, 5.41) is 0. The molecule has 0 radical (unpaired) electrons. The molecular weight excluding hydrogens is 127 g/mol. The molecule has 46 valence electrons. The van der Waals surface area contributed by atoms with Gasteiger partial charge in [-0.1, -0.05) is 12.2 Å². The molecule has 8 heavy (non-hydrogen) atoms. The fourth-order valence-electron chi connectivity index (χ4n) is 0.507. The van der Waals surface area contributed by atoms with E-state index in [1.54, 1.807) is 12.2 Å². The van der Waals surface area contributed by atoms with E-state index in [2.05, 4.69) is 0 Å². The second-order valence-corrected chi connectivity index (χ2v) is 3.66. The Morgan fingerprint density at radius 1 is 1.62 bits per heavy atom. The van der Waals surface area contributed by atoms with E-state index < -0.39 is 13.3 Å². The molecule has 1 aliphatic carbocycles. The van der Waals surface area contributed by atoms with Crippen LogP contribution in [0.4, 0.5) is 0 Å². The third kappa shape index (κ3) is 0.996. The first-order valence-electron chi connectivity index (χ1n) is 2.32. The van der Waals surface area contributed by atoms with Crippen LogP contribution in [-0.4, -0.2) is 15.4 Å². The number of rotatable bonds is 1. The summed E-state index contributed by atoms with van der Waals surface area (Å²) in [6.45, 7) is 0. The minimum atomic E-state index is -3.76. The Morgan fingerprint density at radius 3 is 2.12 bits per heavy atom. The van der Waals surface area contributed by atoms with E-state index in [9.17, 15) is 4.57 Å². The maximum Gasteiger partial charge on any atom is 0.332 e. The van der Waals surface area contributed by atoms with Gasteiger partial charge in [-0.15, -0.1) is 0 Å². The Hall–Kier alpha value is -0.110. The largest absolute Gasteiger partial charge is 0.332 e. The zero-order valence-corrected chi connectivity index (χ0v) is 5.08. The van der Waals surface area contributed by atoms with Gasteiger partial charge in [0.2, 0.25) is 0 Å². The van der Waals surface area contributed by atoms with Gasteiger partial charge in [-0.25, -0.2) is 0 Å². The first-order valence-corrected chi connectivity index (χ1v) is 4.01. The highest BCUT2D eigenvalue weighted by Crippen LogP contribution is 2.46. The van der Waals surface area contributed by atoms with Gasteiger partial charge in [0.25, 0.3) is 0 Å². The lowest BCUT2D eigenvalue weighted by atomic mass is 10.1. The molecule has 0 aromatic carbocycles. The van der Waals surface area contributed by atoms with Crippen molar-refractivity contribution < 1.29 is 14.4 Å². The average molecular weight is 134 g/mol. The third-order valence-corrected chi connectivity index (χ3v) is 2.41. The normalized spacial score (nSPS) is 27.5. The molecule has 1 aliphatic rings. The molecule has 0 aliphatic heterocycles. The van der Waals surface area contributed by atoms with E-state index in [1.807, 2.05) is 0 Å². The van der Waals surface area contributed by atoms with Crippen molar-refractivity contribution in [3.63, 3.8) is 0 Å². The molecule has 0 amide bonds. The van der Waals surface area contributed by atoms with E-state index >= 15 is 0 Å². The smallest absolute Gasteiger partial charge is 0.324 e. The number of hydrogen-bond acceptors (Lipinski definition) is 1. The summed E-state index contributed by atoms with van der Waals surface area (Å²) < 4.78 is 10.3. The maximum atomic E-state index is 10.3. The Bertz CT molecular complexity index is 157. The minimum absolute atomic E-state index is 0.484. The molecule has 4 heteroatoms. The van der Waals surface area contributed by atoms with Gasteiger partial charge in [0.1, 0.15) is 0 Å². The Labute approximate surface area is 47.2 Å². The van der Waals surface area contributed by atoms with Crippen molar-refractivity contribution in [3.05, 3.63) is 12.2 Å². The number of allylic oxidation sites excluding steroid dienone is 2. The highest BCUT2D eigenvalue weighted by molar-refractivity contribution is 7.52. The van der Waals surface area contributed by atoms with Crippen LogP contribution < -0.4 is 0 Å². The summed E-state index contributed by atoms with van der Waals surface area (Å²) in [4.78, 5) is 16.8. The minimum Gasteiger partial charge on any atom is -0.324 e. The fourth-order valence-corrected chi connectivity index (χ4v) is 1.25. The van der Waals surface area contributed by atoms with Gasteiger partial charge in [0.15, 0.2) is 0 Å². The van der Waals surface area contributed by atoms with Crippen LogP contribution in [0.2, 0.25) is 0 Å². The van der Waals surface area contributed by atoms with Crippen LogP contribution in [0, 0.1) is 0 Å². The molecule has 0 aromatic heterocycles. The molecule has 1 atom stereocenters. The summed E-state index contributed by atoms with van der Waals surface area (Å²) in [5.41, 5.74) is -0.484. The van der Waals surface area contributed by atoms with Gasteiger partial charge in [0, 0.05) is 0 Å². The molecule has 0 bridgehead atoms. The molecule has 3 nitrogen and oxygen atoms in total. The van der Waals surface area contributed by atoms with Crippen LogP contribution in [0.5, 0.6) is 0 Å². The van der Waals surface area contributed by atoms with Crippen molar-refractivity contribution in [1.82, 2.24) is 0 Å². The Balaban J connectivity index is 2.61. The van der Waals surface area contributed by atoms with Gasteiger partial charge >= 0.3 is 7.60 Å². The molecule has 0 aromatic rings. The van der Waals surface area contributed by atoms with Crippen LogP contribution in [0.25, 0.3) is 0 Å². The van der Waals surface area contributed by atoms with Crippen LogP contribution in [-0.2, 0) is 4.57 Å². The van der Waals surface area contributed by atoms with Crippen molar-refractivity contribution >= 4 is 7.60 Å². The van der Waals surface area contributed by atoms with E-state index in [-0.39, 0.29) is 0 Å². The summed E-state index contributed by atoms with van der Waals surface area (Å²) in [5.74, 6) is 0. The molecule has 1 rings (SSSR count). The monoisotopic (exact) mass is 134 g/mol. The molecular formula is C4H7O3P. The maximum absolute atomic E-state index is 10.3. The summed E-state index contributed by atoms with van der Waals surface area (Å²) in [6, 6.07) is 0. The molecule has 2 N–H and O–H groups in total. The SMILES string of the molecule is O=P(O)(O)C1C=CC1.